The maximum Gasteiger partial charge on any atom is 0.410 e. The topological polar surface area (TPSA) is 77.4 Å². The Bertz CT molecular complexity index is 1180. The normalized spacial score (nSPS) is 12.9. The lowest BCUT2D eigenvalue weighted by atomic mass is 10.0. The minimum atomic E-state index is -0.522. The molecule has 0 saturated heterocycles. The van der Waals surface area contributed by atoms with Gasteiger partial charge in [0.05, 0.1) is 6.54 Å². The first-order valence-corrected chi connectivity index (χ1v) is 10.8. The minimum Gasteiger partial charge on any atom is -0.472 e. The average Bonchev–Trinajstić information content (AvgIpc) is 2.81. The lowest BCUT2D eigenvalue weighted by Crippen LogP contribution is -2.40. The molecule has 168 valence electrons. The Morgan fingerprint density at radius 2 is 1.91 bits per heavy atom. The number of fused-ring (bicyclic) bond motifs is 1. The zero-order valence-electron chi connectivity index (χ0n) is 19.0. The van der Waals surface area contributed by atoms with Gasteiger partial charge in [0.2, 0.25) is 5.88 Å². The van der Waals surface area contributed by atoms with E-state index in [0.29, 0.717) is 37.7 Å². The molecule has 0 unspecified atom stereocenters. The Morgan fingerprint density at radius 1 is 1.09 bits per heavy atom. The molecular formula is C26H26N4O3. The third kappa shape index (κ3) is 6.30. The Morgan fingerprint density at radius 3 is 2.64 bits per heavy atom. The number of rotatable bonds is 3. The van der Waals surface area contributed by atoms with Crippen LogP contribution >= 0.6 is 0 Å². The summed E-state index contributed by atoms with van der Waals surface area (Å²) in [5, 5.41) is 8.21. The molecule has 1 aromatic carbocycles. The molecule has 0 aliphatic carbocycles. The van der Waals surface area contributed by atoms with Crippen LogP contribution in [0.5, 0.6) is 5.88 Å². The number of pyridine rings is 1. The van der Waals surface area contributed by atoms with Gasteiger partial charge in [-0.3, -0.25) is 4.98 Å². The highest BCUT2D eigenvalue weighted by Gasteiger charge is 2.26. The van der Waals surface area contributed by atoms with Gasteiger partial charge in [-0.05, 0) is 50.0 Å². The number of benzene rings is 1. The molecule has 7 nitrogen and oxygen atoms in total. The van der Waals surface area contributed by atoms with Crippen molar-refractivity contribution in [1.82, 2.24) is 20.1 Å². The highest BCUT2D eigenvalue weighted by molar-refractivity contribution is 5.68. The van der Waals surface area contributed by atoms with E-state index in [-0.39, 0.29) is 6.09 Å². The number of aromatic nitrogens is 3. The molecule has 33 heavy (non-hydrogen) atoms. The first-order chi connectivity index (χ1) is 15.9. The second-order valence-electron chi connectivity index (χ2n) is 8.76. The summed E-state index contributed by atoms with van der Waals surface area (Å²) in [5.41, 5.74) is 3.80. The number of ether oxygens (including phenoxy) is 2. The van der Waals surface area contributed by atoms with Gasteiger partial charge in [0.25, 0.3) is 0 Å². The Balaban J connectivity index is 1.39. The molecule has 0 spiro atoms. The quantitative estimate of drug-likeness (QED) is 0.568. The van der Waals surface area contributed by atoms with E-state index < -0.39 is 5.60 Å². The smallest absolute Gasteiger partial charge is 0.410 e. The van der Waals surface area contributed by atoms with Gasteiger partial charge >= 0.3 is 6.09 Å². The highest BCUT2D eigenvalue weighted by Crippen LogP contribution is 2.20. The van der Waals surface area contributed by atoms with Gasteiger partial charge in [0.15, 0.2) is 0 Å². The lowest BCUT2D eigenvalue weighted by Gasteiger charge is -2.30. The molecule has 3 aromatic rings. The molecule has 0 saturated carbocycles. The largest absolute Gasteiger partial charge is 0.472 e. The van der Waals surface area contributed by atoms with Crippen LogP contribution in [0.25, 0.3) is 0 Å². The summed E-state index contributed by atoms with van der Waals surface area (Å²) in [7, 11) is 0. The van der Waals surface area contributed by atoms with Crippen LogP contribution in [-0.2, 0) is 24.3 Å². The molecule has 0 N–H and O–H groups in total. The van der Waals surface area contributed by atoms with E-state index in [4.69, 9.17) is 9.47 Å². The van der Waals surface area contributed by atoms with Crippen LogP contribution < -0.4 is 4.74 Å². The third-order valence-corrected chi connectivity index (χ3v) is 4.90. The Labute approximate surface area is 193 Å². The van der Waals surface area contributed by atoms with E-state index in [2.05, 4.69) is 27.0 Å². The van der Waals surface area contributed by atoms with Gasteiger partial charge in [-0.15, -0.1) is 10.2 Å². The number of hydrogen-bond acceptors (Lipinski definition) is 6. The monoisotopic (exact) mass is 442 g/mol. The molecule has 1 aliphatic heterocycles. The molecule has 0 radical (unpaired) electrons. The summed E-state index contributed by atoms with van der Waals surface area (Å²) in [5.74, 6) is 6.54. The van der Waals surface area contributed by atoms with Crippen molar-refractivity contribution in [2.24, 2.45) is 0 Å². The van der Waals surface area contributed by atoms with Gasteiger partial charge in [-0.1, -0.05) is 36.3 Å². The predicted octanol–water partition coefficient (Wildman–Crippen LogP) is 4.14. The van der Waals surface area contributed by atoms with Crippen LogP contribution in [0.15, 0.2) is 54.7 Å². The van der Waals surface area contributed by atoms with E-state index in [0.717, 1.165) is 22.4 Å². The van der Waals surface area contributed by atoms with Crippen LogP contribution in [0.4, 0.5) is 4.79 Å². The summed E-state index contributed by atoms with van der Waals surface area (Å²) in [4.78, 5) is 18.6. The summed E-state index contributed by atoms with van der Waals surface area (Å²) in [6.07, 6.45) is 2.13. The highest BCUT2D eigenvalue weighted by atomic mass is 16.6. The molecule has 4 rings (SSSR count). The molecule has 1 amide bonds. The fraction of sp³-hybridized carbons (Fsp3) is 0.308. The fourth-order valence-corrected chi connectivity index (χ4v) is 3.31. The summed E-state index contributed by atoms with van der Waals surface area (Å²) in [6.45, 7) is 7.07. The molecule has 0 fully saturated rings. The van der Waals surface area contributed by atoms with E-state index in [9.17, 15) is 4.79 Å². The molecule has 7 heteroatoms. The summed E-state index contributed by atoms with van der Waals surface area (Å²) >= 11 is 0. The number of nitrogens with zero attached hydrogens (tertiary/aromatic N) is 4. The first kappa shape index (κ1) is 22.3. The molecule has 0 bridgehead atoms. The molecule has 1 aliphatic rings. The minimum absolute atomic E-state index is 0.311. The average molecular weight is 443 g/mol. The predicted molar refractivity (Wildman–Crippen MR) is 123 cm³/mol. The van der Waals surface area contributed by atoms with Gasteiger partial charge in [-0.2, -0.15) is 0 Å². The van der Waals surface area contributed by atoms with Crippen molar-refractivity contribution in [3.05, 3.63) is 82.8 Å². The standard InChI is InChI=1S/C26H26N4O3/c1-26(2,3)33-25(31)30-14-13-23-21(17-30)15-20(16-27-23)9-10-22-11-12-24(29-28-22)32-18-19-7-5-4-6-8-19/h4-8,11-12,15-16H,13-14,17-18H2,1-3H3. The Kier molecular flexibility index (Phi) is 6.55. The van der Waals surface area contributed by atoms with E-state index in [1.54, 1.807) is 23.2 Å². The Hall–Kier alpha value is -3.92. The zero-order chi connectivity index (χ0) is 23.3. The van der Waals surface area contributed by atoms with Crippen molar-refractivity contribution < 1.29 is 14.3 Å². The number of carbonyl (C=O) groups is 1. The number of amides is 1. The van der Waals surface area contributed by atoms with Crippen LogP contribution in [0.3, 0.4) is 0 Å². The second-order valence-corrected chi connectivity index (χ2v) is 8.76. The molecule has 2 aromatic heterocycles. The van der Waals surface area contributed by atoms with Crippen molar-refractivity contribution in [3.8, 4) is 17.7 Å². The van der Waals surface area contributed by atoms with Crippen molar-refractivity contribution in [3.63, 3.8) is 0 Å². The van der Waals surface area contributed by atoms with E-state index in [1.807, 2.05) is 57.2 Å². The fourth-order valence-electron chi connectivity index (χ4n) is 3.31. The number of carbonyl (C=O) groups excluding carboxylic acids is 1. The van der Waals surface area contributed by atoms with Crippen molar-refractivity contribution in [2.75, 3.05) is 6.54 Å². The lowest BCUT2D eigenvalue weighted by molar-refractivity contribution is 0.0222. The van der Waals surface area contributed by atoms with Gasteiger partial charge in [0, 0.05) is 36.5 Å². The van der Waals surface area contributed by atoms with Crippen LogP contribution in [0, 0.1) is 11.8 Å². The van der Waals surface area contributed by atoms with E-state index >= 15 is 0 Å². The molecular weight excluding hydrogens is 416 g/mol. The molecule has 3 heterocycles. The first-order valence-electron chi connectivity index (χ1n) is 10.8. The molecule has 0 atom stereocenters. The maximum atomic E-state index is 12.4. The van der Waals surface area contributed by atoms with Gasteiger partial charge in [0.1, 0.15) is 17.9 Å². The van der Waals surface area contributed by atoms with Crippen LogP contribution in [-0.4, -0.2) is 38.3 Å². The van der Waals surface area contributed by atoms with Crippen LogP contribution in [0.1, 0.15) is 48.8 Å². The SMILES string of the molecule is CC(C)(C)OC(=O)N1CCc2ncc(C#Cc3ccc(OCc4ccccc4)nn3)cc2C1. The van der Waals surface area contributed by atoms with Crippen molar-refractivity contribution >= 4 is 6.09 Å². The van der Waals surface area contributed by atoms with E-state index in [1.165, 1.54) is 0 Å². The van der Waals surface area contributed by atoms with Crippen molar-refractivity contribution in [1.29, 1.82) is 0 Å². The number of hydrogen-bond donors (Lipinski definition) is 0. The summed E-state index contributed by atoms with van der Waals surface area (Å²) < 4.78 is 11.2. The second kappa shape index (κ2) is 9.70. The zero-order valence-corrected chi connectivity index (χ0v) is 19.0. The summed E-state index contributed by atoms with van der Waals surface area (Å²) in [6, 6.07) is 15.4. The third-order valence-electron chi connectivity index (χ3n) is 4.90. The maximum absolute atomic E-state index is 12.4. The van der Waals surface area contributed by atoms with Gasteiger partial charge < -0.3 is 14.4 Å². The van der Waals surface area contributed by atoms with Gasteiger partial charge in [-0.25, -0.2) is 4.79 Å². The van der Waals surface area contributed by atoms with Crippen molar-refractivity contribution in [2.45, 2.75) is 45.9 Å². The van der Waals surface area contributed by atoms with Crippen LogP contribution in [0.2, 0.25) is 0 Å².